The SMILES string of the molecule is CCN1C(=O)[C@](C)(C(=O)O)Sc2ccccc21. The van der Waals surface area contributed by atoms with E-state index in [0.29, 0.717) is 6.54 Å². The van der Waals surface area contributed by atoms with Gasteiger partial charge in [-0.05, 0) is 26.0 Å². The van der Waals surface area contributed by atoms with E-state index in [1.165, 1.54) is 11.8 Å². The topological polar surface area (TPSA) is 57.6 Å². The molecule has 1 amide bonds. The third kappa shape index (κ3) is 1.70. The number of rotatable bonds is 2. The molecule has 1 aromatic carbocycles. The first-order chi connectivity index (χ1) is 8.00. The fourth-order valence-electron chi connectivity index (χ4n) is 1.85. The summed E-state index contributed by atoms with van der Waals surface area (Å²) in [5, 5.41) is 9.24. The molecular weight excluding hydrogens is 238 g/mol. The fraction of sp³-hybridized carbons (Fsp3) is 0.333. The number of nitrogens with zero attached hydrogens (tertiary/aromatic N) is 1. The van der Waals surface area contributed by atoms with Gasteiger partial charge in [0.1, 0.15) is 0 Å². The summed E-state index contributed by atoms with van der Waals surface area (Å²) in [6.45, 7) is 3.77. The van der Waals surface area contributed by atoms with Crippen molar-refractivity contribution >= 4 is 29.3 Å². The molecule has 0 aromatic heterocycles. The predicted octanol–water partition coefficient (Wildman–Crippen LogP) is 1.99. The first kappa shape index (κ1) is 12.0. The molecule has 1 N–H and O–H groups in total. The lowest BCUT2D eigenvalue weighted by atomic mass is 10.1. The van der Waals surface area contributed by atoms with Crippen LogP contribution in [0.15, 0.2) is 29.2 Å². The van der Waals surface area contributed by atoms with E-state index in [0.717, 1.165) is 22.3 Å². The number of carboxylic acid groups (broad SMARTS) is 1. The molecule has 1 atom stereocenters. The van der Waals surface area contributed by atoms with Crippen LogP contribution in [0, 0.1) is 0 Å². The average molecular weight is 251 g/mol. The van der Waals surface area contributed by atoms with Crippen molar-refractivity contribution in [3.63, 3.8) is 0 Å². The molecule has 0 aliphatic carbocycles. The zero-order chi connectivity index (χ0) is 12.6. The molecule has 2 rings (SSSR count). The van der Waals surface area contributed by atoms with Gasteiger partial charge < -0.3 is 10.0 Å². The minimum absolute atomic E-state index is 0.365. The Balaban J connectivity index is 2.57. The lowest BCUT2D eigenvalue weighted by Crippen LogP contribution is -2.52. The van der Waals surface area contributed by atoms with E-state index in [-0.39, 0.29) is 5.91 Å². The van der Waals surface area contributed by atoms with Crippen LogP contribution >= 0.6 is 11.8 Å². The zero-order valence-corrected chi connectivity index (χ0v) is 10.5. The second-order valence-electron chi connectivity index (χ2n) is 3.96. The maximum Gasteiger partial charge on any atom is 0.329 e. The monoisotopic (exact) mass is 251 g/mol. The van der Waals surface area contributed by atoms with Gasteiger partial charge in [0, 0.05) is 11.4 Å². The fourth-order valence-corrected chi connectivity index (χ4v) is 3.00. The number of carbonyl (C=O) groups excluding carboxylic acids is 1. The number of thioether (sulfide) groups is 1. The molecular formula is C12H13NO3S. The minimum atomic E-state index is -1.43. The molecule has 0 fully saturated rings. The Morgan fingerprint density at radius 2 is 2.12 bits per heavy atom. The van der Waals surface area contributed by atoms with E-state index in [1.807, 2.05) is 31.2 Å². The summed E-state index contributed by atoms with van der Waals surface area (Å²) in [5.74, 6) is -1.46. The highest BCUT2D eigenvalue weighted by molar-refractivity contribution is 8.02. The molecule has 1 aromatic rings. The number of hydrogen-bond acceptors (Lipinski definition) is 3. The number of carbonyl (C=O) groups is 2. The molecule has 1 heterocycles. The van der Waals surface area contributed by atoms with Crippen molar-refractivity contribution in [3.05, 3.63) is 24.3 Å². The van der Waals surface area contributed by atoms with Crippen LogP contribution in [0.4, 0.5) is 5.69 Å². The maximum absolute atomic E-state index is 12.2. The van der Waals surface area contributed by atoms with Gasteiger partial charge in [-0.2, -0.15) is 0 Å². The van der Waals surface area contributed by atoms with Gasteiger partial charge in [0.25, 0.3) is 5.91 Å². The van der Waals surface area contributed by atoms with E-state index < -0.39 is 10.7 Å². The molecule has 1 aliphatic heterocycles. The number of benzene rings is 1. The second kappa shape index (κ2) is 4.07. The van der Waals surface area contributed by atoms with Gasteiger partial charge >= 0.3 is 5.97 Å². The van der Waals surface area contributed by atoms with E-state index in [2.05, 4.69) is 0 Å². The van der Waals surface area contributed by atoms with Gasteiger partial charge in [-0.3, -0.25) is 9.59 Å². The van der Waals surface area contributed by atoms with Crippen molar-refractivity contribution < 1.29 is 14.7 Å². The molecule has 4 nitrogen and oxygen atoms in total. The standard InChI is InChI=1S/C12H13NO3S/c1-3-13-8-6-4-5-7-9(8)17-12(2,10(13)14)11(15)16/h4-7H,3H2,1-2H3,(H,15,16)/t12-/m1/s1. The lowest BCUT2D eigenvalue weighted by Gasteiger charge is -2.36. The van der Waals surface area contributed by atoms with Crippen LogP contribution in [-0.4, -0.2) is 28.3 Å². The number of hydrogen-bond donors (Lipinski definition) is 1. The third-order valence-electron chi connectivity index (χ3n) is 2.85. The van der Waals surface area contributed by atoms with Gasteiger partial charge in [-0.25, -0.2) is 0 Å². The van der Waals surface area contributed by atoms with Crippen LogP contribution in [0.2, 0.25) is 0 Å². The number of anilines is 1. The van der Waals surface area contributed by atoms with E-state index in [4.69, 9.17) is 0 Å². The summed E-state index contributed by atoms with van der Waals surface area (Å²) in [6, 6.07) is 7.37. The second-order valence-corrected chi connectivity index (χ2v) is 5.42. The summed E-state index contributed by atoms with van der Waals surface area (Å²) in [6.07, 6.45) is 0. The number of carboxylic acids is 1. The summed E-state index contributed by atoms with van der Waals surface area (Å²) in [7, 11) is 0. The van der Waals surface area contributed by atoms with E-state index in [9.17, 15) is 14.7 Å². The van der Waals surface area contributed by atoms with Crippen molar-refractivity contribution in [2.75, 3.05) is 11.4 Å². The molecule has 5 heteroatoms. The van der Waals surface area contributed by atoms with Gasteiger partial charge in [0.2, 0.25) is 0 Å². The molecule has 0 unspecified atom stereocenters. The van der Waals surface area contributed by atoms with Crippen LogP contribution in [0.25, 0.3) is 0 Å². The Hall–Kier alpha value is -1.49. The molecule has 0 radical (unpaired) electrons. The molecule has 17 heavy (non-hydrogen) atoms. The Kier molecular flexibility index (Phi) is 2.87. The van der Waals surface area contributed by atoms with Crippen molar-refractivity contribution in [2.45, 2.75) is 23.5 Å². The van der Waals surface area contributed by atoms with Crippen LogP contribution in [-0.2, 0) is 9.59 Å². The summed E-state index contributed by atoms with van der Waals surface area (Å²) >= 11 is 1.10. The molecule has 0 bridgehead atoms. The smallest absolute Gasteiger partial charge is 0.329 e. The highest BCUT2D eigenvalue weighted by Crippen LogP contribution is 2.45. The molecule has 0 spiro atoms. The average Bonchev–Trinajstić information content (AvgIpc) is 2.30. The Morgan fingerprint density at radius 3 is 2.71 bits per heavy atom. The first-order valence-corrected chi connectivity index (χ1v) is 6.15. The predicted molar refractivity (Wildman–Crippen MR) is 66.4 cm³/mol. The number of aliphatic carboxylic acids is 1. The van der Waals surface area contributed by atoms with Crippen LogP contribution in [0.5, 0.6) is 0 Å². The van der Waals surface area contributed by atoms with Crippen molar-refractivity contribution in [2.24, 2.45) is 0 Å². The van der Waals surface area contributed by atoms with Crippen molar-refractivity contribution in [1.29, 1.82) is 0 Å². The number of para-hydroxylation sites is 1. The molecule has 0 saturated heterocycles. The molecule has 90 valence electrons. The van der Waals surface area contributed by atoms with Gasteiger partial charge in [-0.1, -0.05) is 23.9 Å². The Bertz CT molecular complexity index is 488. The highest BCUT2D eigenvalue weighted by atomic mass is 32.2. The van der Waals surface area contributed by atoms with Crippen LogP contribution in [0.3, 0.4) is 0 Å². The zero-order valence-electron chi connectivity index (χ0n) is 9.64. The molecule has 1 aliphatic rings. The third-order valence-corrected chi connectivity index (χ3v) is 4.17. The summed E-state index contributed by atoms with van der Waals surface area (Å²) in [4.78, 5) is 25.9. The molecule has 0 saturated carbocycles. The number of amides is 1. The summed E-state index contributed by atoms with van der Waals surface area (Å²) < 4.78 is -1.43. The lowest BCUT2D eigenvalue weighted by molar-refractivity contribution is -0.143. The number of fused-ring (bicyclic) bond motifs is 1. The Morgan fingerprint density at radius 1 is 1.47 bits per heavy atom. The first-order valence-electron chi connectivity index (χ1n) is 5.34. The van der Waals surface area contributed by atoms with Gasteiger partial charge in [0.15, 0.2) is 4.75 Å². The highest BCUT2D eigenvalue weighted by Gasteiger charge is 2.49. The van der Waals surface area contributed by atoms with Crippen LogP contribution < -0.4 is 4.90 Å². The largest absolute Gasteiger partial charge is 0.480 e. The van der Waals surface area contributed by atoms with Gasteiger partial charge in [-0.15, -0.1) is 0 Å². The van der Waals surface area contributed by atoms with E-state index in [1.54, 1.807) is 0 Å². The normalized spacial score (nSPS) is 23.4. The van der Waals surface area contributed by atoms with Gasteiger partial charge in [0.05, 0.1) is 5.69 Å². The van der Waals surface area contributed by atoms with Crippen molar-refractivity contribution in [3.8, 4) is 0 Å². The maximum atomic E-state index is 12.2. The van der Waals surface area contributed by atoms with Crippen LogP contribution in [0.1, 0.15) is 13.8 Å². The summed E-state index contributed by atoms with van der Waals surface area (Å²) in [5.41, 5.74) is 0.795. The Labute approximate surface area is 104 Å². The van der Waals surface area contributed by atoms with Crippen molar-refractivity contribution in [1.82, 2.24) is 0 Å². The minimum Gasteiger partial charge on any atom is -0.480 e. The quantitative estimate of drug-likeness (QED) is 0.817. The van der Waals surface area contributed by atoms with E-state index >= 15 is 0 Å².